The molecule has 6 heteroatoms. The monoisotopic (exact) mass is 326 g/mol. The first-order valence-corrected chi connectivity index (χ1v) is 8.28. The molecular weight excluding hydrogens is 308 g/mol. The number of halogens is 1. The zero-order valence-corrected chi connectivity index (χ0v) is 14.0. The molecule has 2 aromatic rings. The highest BCUT2D eigenvalue weighted by Gasteiger charge is 2.19. The molecule has 0 aliphatic carbocycles. The number of carbonyl (C=O) groups is 1. The van der Waals surface area contributed by atoms with Gasteiger partial charge in [-0.1, -0.05) is 23.9 Å². The van der Waals surface area contributed by atoms with E-state index in [1.54, 1.807) is 11.8 Å². The van der Waals surface area contributed by atoms with E-state index in [-0.39, 0.29) is 12.5 Å². The zero-order chi connectivity index (χ0) is 15.5. The van der Waals surface area contributed by atoms with Gasteiger partial charge in [0.1, 0.15) is 12.1 Å². The number of alkyl halides is 1. The molecule has 0 fully saturated rings. The van der Waals surface area contributed by atoms with Gasteiger partial charge >= 0.3 is 5.97 Å². The smallest absolute Gasteiger partial charge is 0.326 e. The van der Waals surface area contributed by atoms with Crippen LogP contribution in [0.4, 0.5) is 0 Å². The van der Waals surface area contributed by atoms with Gasteiger partial charge in [0.25, 0.3) is 0 Å². The molecule has 4 nitrogen and oxygen atoms in total. The summed E-state index contributed by atoms with van der Waals surface area (Å²) >= 11 is 7.29. The van der Waals surface area contributed by atoms with Gasteiger partial charge in [0.15, 0.2) is 5.16 Å². The van der Waals surface area contributed by atoms with Gasteiger partial charge in [0, 0.05) is 11.6 Å². The van der Waals surface area contributed by atoms with Crippen LogP contribution < -0.4 is 0 Å². The highest BCUT2D eigenvalue weighted by Crippen LogP contribution is 2.24. The molecule has 2 rings (SSSR count). The largest absolute Gasteiger partial charge is 0.459 e. The number of esters is 1. The van der Waals surface area contributed by atoms with Crippen LogP contribution in [-0.2, 0) is 16.1 Å². The van der Waals surface area contributed by atoms with Gasteiger partial charge in [0.2, 0.25) is 0 Å². The van der Waals surface area contributed by atoms with Crippen LogP contribution >= 0.6 is 23.4 Å². The second-order valence-electron chi connectivity index (χ2n) is 5.59. The van der Waals surface area contributed by atoms with Crippen LogP contribution in [0.25, 0.3) is 11.0 Å². The number of fused-ring (bicyclic) bond motifs is 1. The van der Waals surface area contributed by atoms with Gasteiger partial charge in [-0.3, -0.25) is 4.79 Å². The zero-order valence-electron chi connectivity index (χ0n) is 12.4. The van der Waals surface area contributed by atoms with E-state index in [2.05, 4.69) is 4.98 Å². The number of ether oxygens (including phenoxy) is 1. The maximum atomic E-state index is 12.1. The van der Waals surface area contributed by atoms with Crippen molar-refractivity contribution in [3.63, 3.8) is 0 Å². The standard InChI is InChI=1S/C15H19ClN2O2S/c1-15(2,3)20-13(19)10-18-12-7-5-4-6-11(12)17-14(18)21-9-8-16/h4-7H,8-10H2,1-3H3. The minimum atomic E-state index is -0.489. The van der Waals surface area contributed by atoms with Gasteiger partial charge in [-0.25, -0.2) is 4.98 Å². The van der Waals surface area contributed by atoms with Crippen LogP contribution in [0.1, 0.15) is 20.8 Å². The predicted octanol–water partition coefficient (Wildman–Crippen LogP) is 3.71. The molecule has 1 aromatic heterocycles. The summed E-state index contributed by atoms with van der Waals surface area (Å²) in [6.07, 6.45) is 0. The third-order valence-corrected chi connectivity index (χ3v) is 4.03. The lowest BCUT2D eigenvalue weighted by Crippen LogP contribution is -2.26. The lowest BCUT2D eigenvalue weighted by atomic mass is 10.2. The molecule has 0 N–H and O–H groups in total. The van der Waals surface area contributed by atoms with Crippen LogP contribution in [0.2, 0.25) is 0 Å². The van der Waals surface area contributed by atoms with Crippen LogP contribution in [0.15, 0.2) is 29.4 Å². The van der Waals surface area contributed by atoms with Crippen molar-refractivity contribution in [1.82, 2.24) is 9.55 Å². The molecular formula is C15H19ClN2O2S. The van der Waals surface area contributed by atoms with Gasteiger partial charge < -0.3 is 9.30 Å². The van der Waals surface area contributed by atoms with E-state index < -0.39 is 5.60 Å². The Bertz CT molecular complexity index is 634. The van der Waals surface area contributed by atoms with Gasteiger partial charge in [0.05, 0.1) is 11.0 Å². The third kappa shape index (κ3) is 4.38. The Hall–Kier alpha value is -1.20. The van der Waals surface area contributed by atoms with E-state index in [1.165, 1.54) is 0 Å². The first-order chi connectivity index (χ1) is 9.90. The Kier molecular flexibility index (Phi) is 5.17. The molecule has 0 spiro atoms. The fourth-order valence-electron chi connectivity index (χ4n) is 1.95. The number of nitrogens with zero attached hydrogens (tertiary/aromatic N) is 2. The molecule has 0 radical (unpaired) electrons. The average molecular weight is 327 g/mol. The fourth-order valence-corrected chi connectivity index (χ4v) is 2.92. The molecule has 21 heavy (non-hydrogen) atoms. The van der Waals surface area contributed by atoms with Crippen molar-refractivity contribution in [3.8, 4) is 0 Å². The molecule has 1 aromatic carbocycles. The normalized spacial score (nSPS) is 11.8. The van der Waals surface area contributed by atoms with E-state index in [4.69, 9.17) is 16.3 Å². The number of imidazole rings is 1. The van der Waals surface area contributed by atoms with Gasteiger partial charge in [-0.2, -0.15) is 0 Å². The van der Waals surface area contributed by atoms with Crippen LogP contribution in [0.5, 0.6) is 0 Å². The summed E-state index contributed by atoms with van der Waals surface area (Å²) < 4.78 is 7.29. The van der Waals surface area contributed by atoms with Crippen molar-refractivity contribution >= 4 is 40.4 Å². The second kappa shape index (κ2) is 6.71. The third-order valence-electron chi connectivity index (χ3n) is 2.64. The van der Waals surface area contributed by atoms with Crippen LogP contribution in [0.3, 0.4) is 0 Å². The number of hydrogen-bond donors (Lipinski definition) is 0. The summed E-state index contributed by atoms with van der Waals surface area (Å²) in [5, 5.41) is 0.794. The summed E-state index contributed by atoms with van der Waals surface area (Å²) in [5.41, 5.74) is 1.32. The lowest BCUT2D eigenvalue weighted by molar-refractivity contribution is -0.155. The average Bonchev–Trinajstić information content (AvgIpc) is 2.72. The lowest BCUT2D eigenvalue weighted by Gasteiger charge is -2.20. The van der Waals surface area contributed by atoms with Crippen molar-refractivity contribution in [3.05, 3.63) is 24.3 Å². The molecule has 0 saturated heterocycles. The molecule has 0 aliphatic heterocycles. The highest BCUT2D eigenvalue weighted by atomic mass is 35.5. The van der Waals surface area contributed by atoms with E-state index in [0.29, 0.717) is 5.88 Å². The summed E-state index contributed by atoms with van der Waals surface area (Å²) in [4.78, 5) is 16.6. The number of hydrogen-bond acceptors (Lipinski definition) is 4. The maximum Gasteiger partial charge on any atom is 0.326 e. The summed E-state index contributed by atoms with van der Waals surface area (Å²) in [6.45, 7) is 5.74. The number of benzene rings is 1. The quantitative estimate of drug-likeness (QED) is 0.477. The highest BCUT2D eigenvalue weighted by molar-refractivity contribution is 7.99. The SMILES string of the molecule is CC(C)(C)OC(=O)Cn1c(SCCCl)nc2ccccc21. The number of rotatable bonds is 5. The molecule has 0 amide bonds. The van der Waals surface area contributed by atoms with Crippen molar-refractivity contribution in [1.29, 1.82) is 0 Å². The Morgan fingerprint density at radius 1 is 1.38 bits per heavy atom. The molecule has 114 valence electrons. The van der Waals surface area contributed by atoms with Crippen LogP contribution in [0, 0.1) is 0 Å². The Morgan fingerprint density at radius 2 is 2.10 bits per heavy atom. The number of para-hydroxylation sites is 2. The fraction of sp³-hybridized carbons (Fsp3) is 0.467. The summed E-state index contributed by atoms with van der Waals surface area (Å²) in [5.74, 6) is 1.03. The Labute approximate surface area is 133 Å². The molecule has 0 atom stereocenters. The number of carbonyl (C=O) groups excluding carboxylic acids is 1. The van der Waals surface area contributed by atoms with Crippen LogP contribution in [-0.4, -0.2) is 32.8 Å². The molecule has 0 aliphatic rings. The molecule has 0 bridgehead atoms. The molecule has 0 saturated carbocycles. The Morgan fingerprint density at radius 3 is 2.76 bits per heavy atom. The van der Waals surface area contributed by atoms with Crippen molar-refractivity contribution in [2.75, 3.05) is 11.6 Å². The summed E-state index contributed by atoms with van der Waals surface area (Å²) in [7, 11) is 0. The predicted molar refractivity (Wildman–Crippen MR) is 87.0 cm³/mol. The van der Waals surface area contributed by atoms with Gasteiger partial charge in [-0.15, -0.1) is 11.6 Å². The topological polar surface area (TPSA) is 44.1 Å². The first-order valence-electron chi connectivity index (χ1n) is 6.76. The Balaban J connectivity index is 2.29. The van der Waals surface area contributed by atoms with E-state index in [9.17, 15) is 4.79 Å². The number of thioether (sulfide) groups is 1. The van der Waals surface area contributed by atoms with E-state index >= 15 is 0 Å². The minimum Gasteiger partial charge on any atom is -0.459 e. The minimum absolute atomic E-state index is 0.155. The molecule has 1 heterocycles. The first kappa shape index (κ1) is 16.2. The molecule has 0 unspecified atom stereocenters. The van der Waals surface area contributed by atoms with E-state index in [1.807, 2.05) is 49.6 Å². The summed E-state index contributed by atoms with van der Waals surface area (Å²) in [6, 6.07) is 7.76. The van der Waals surface area contributed by atoms with Gasteiger partial charge in [-0.05, 0) is 32.9 Å². The second-order valence-corrected chi connectivity index (χ2v) is 7.03. The maximum absolute atomic E-state index is 12.1. The van der Waals surface area contributed by atoms with Crippen molar-refractivity contribution in [2.24, 2.45) is 0 Å². The van der Waals surface area contributed by atoms with E-state index in [0.717, 1.165) is 21.9 Å². The van der Waals surface area contributed by atoms with Crippen molar-refractivity contribution < 1.29 is 9.53 Å². The number of aromatic nitrogens is 2. The van der Waals surface area contributed by atoms with Crippen molar-refractivity contribution in [2.45, 2.75) is 38.1 Å².